The van der Waals surface area contributed by atoms with E-state index in [2.05, 4.69) is 31.8 Å². The van der Waals surface area contributed by atoms with Crippen molar-refractivity contribution in [3.8, 4) is 0 Å². The van der Waals surface area contributed by atoms with Crippen LogP contribution in [0.1, 0.15) is 59.8 Å². The van der Waals surface area contributed by atoms with E-state index in [1.807, 2.05) is 25.3 Å². The topological polar surface area (TPSA) is 98.2 Å². The highest BCUT2D eigenvalue weighted by molar-refractivity contribution is 7.82. The van der Waals surface area contributed by atoms with Crippen molar-refractivity contribution in [2.45, 2.75) is 64.0 Å². The van der Waals surface area contributed by atoms with E-state index in [4.69, 9.17) is 23.1 Å². The molecule has 1 atom stereocenters. The summed E-state index contributed by atoms with van der Waals surface area (Å²) in [7, 11) is 0. The van der Waals surface area contributed by atoms with Crippen LogP contribution < -0.4 is 16.8 Å². The molecule has 0 saturated carbocycles. The molecule has 2 rings (SSSR count). The van der Waals surface area contributed by atoms with E-state index in [0.29, 0.717) is 24.7 Å². The minimum Gasteiger partial charge on any atom is -0.370 e. The highest BCUT2D eigenvalue weighted by Crippen LogP contribution is 2.21. The lowest BCUT2D eigenvalue weighted by atomic mass is 9.96. The highest BCUT2D eigenvalue weighted by atomic mass is 35.5. The van der Waals surface area contributed by atoms with Crippen molar-refractivity contribution in [1.82, 2.24) is 5.32 Å². The van der Waals surface area contributed by atoms with Gasteiger partial charge in [0, 0.05) is 18.2 Å². The van der Waals surface area contributed by atoms with Gasteiger partial charge in [-0.25, -0.2) is 0 Å². The van der Waals surface area contributed by atoms with Crippen LogP contribution in [-0.2, 0) is 9.59 Å². The molecule has 8 heteroatoms. The van der Waals surface area contributed by atoms with Crippen LogP contribution in [0.4, 0.5) is 0 Å². The molecule has 1 fully saturated rings. The van der Waals surface area contributed by atoms with Crippen molar-refractivity contribution < 1.29 is 9.59 Å². The van der Waals surface area contributed by atoms with Gasteiger partial charge in [-0.3, -0.25) is 9.59 Å². The van der Waals surface area contributed by atoms with E-state index < -0.39 is 0 Å². The van der Waals surface area contributed by atoms with Crippen LogP contribution in [0.2, 0.25) is 5.02 Å². The van der Waals surface area contributed by atoms with Gasteiger partial charge in [0.25, 0.3) is 0 Å². The molecule has 0 spiro atoms. The number of hydrogen-bond donors (Lipinski definition) is 4. The van der Waals surface area contributed by atoms with Crippen LogP contribution in [0.25, 0.3) is 0 Å². The Balaban J connectivity index is 0. The largest absolute Gasteiger partial charge is 0.370 e. The molecule has 0 radical (unpaired) electrons. The van der Waals surface area contributed by atoms with E-state index in [9.17, 15) is 9.59 Å². The Hall–Kier alpha value is -0.760. The van der Waals surface area contributed by atoms with Gasteiger partial charge in [0.1, 0.15) is 0 Å². The molecule has 5 N–H and O–H groups in total. The zero-order valence-corrected chi connectivity index (χ0v) is 19.4. The first-order chi connectivity index (χ1) is 12.7. The van der Waals surface area contributed by atoms with E-state index >= 15 is 0 Å². The first-order valence-electron chi connectivity index (χ1n) is 9.41. The van der Waals surface area contributed by atoms with Crippen molar-refractivity contribution >= 4 is 47.4 Å². The van der Waals surface area contributed by atoms with E-state index in [1.165, 1.54) is 17.8 Å². The van der Waals surface area contributed by atoms with Crippen LogP contribution in [-0.4, -0.2) is 24.9 Å². The number of thiol groups is 1. The molecule has 0 bridgehead atoms. The molecule has 2 amide bonds. The lowest BCUT2D eigenvalue weighted by Gasteiger charge is -2.20. The van der Waals surface area contributed by atoms with Crippen molar-refractivity contribution in [2.24, 2.45) is 23.3 Å². The van der Waals surface area contributed by atoms with Crippen LogP contribution in [0.5, 0.6) is 0 Å². The number of rotatable bonds is 5. The number of halogens is 1. The SMILES string of the molecule is CC.CC(C)CCC(N)=O.NC(=O)CC1CCCNC1.Sc1cc(Cl)cs1. The fourth-order valence-corrected chi connectivity index (χ4v) is 3.29. The third-order valence-corrected chi connectivity index (χ3v) is 4.93. The van der Waals surface area contributed by atoms with Crippen molar-refractivity contribution in [3.05, 3.63) is 16.5 Å². The molecule has 2 heterocycles. The van der Waals surface area contributed by atoms with E-state index in [0.717, 1.165) is 35.2 Å². The number of primary amides is 2. The fourth-order valence-electron chi connectivity index (χ4n) is 2.12. The lowest BCUT2D eigenvalue weighted by Crippen LogP contribution is -2.32. The second-order valence-corrected chi connectivity index (χ2v) is 8.52. The van der Waals surface area contributed by atoms with Gasteiger partial charge in [-0.15, -0.1) is 24.0 Å². The number of piperidine rings is 1. The standard InChI is InChI=1S/C7H14N2O.C6H13NO.C4H3ClS2.C2H6/c8-7(10)4-6-2-1-3-9-5-6;1-5(2)3-4-6(7)8;5-3-1-4(6)7-2-3;1-2/h6,9H,1-5H2,(H2,8,10);5H,3-4H2,1-2H3,(H2,7,8);1-2,6H;1-2H3. The molecule has 1 aromatic rings. The van der Waals surface area contributed by atoms with Gasteiger partial charge in [-0.05, 0) is 50.3 Å². The summed E-state index contributed by atoms with van der Waals surface area (Å²) in [4.78, 5) is 20.6. The summed E-state index contributed by atoms with van der Waals surface area (Å²) in [6.45, 7) is 10.2. The molecule has 1 aliphatic heterocycles. The van der Waals surface area contributed by atoms with Gasteiger partial charge in [0.05, 0.1) is 9.23 Å². The van der Waals surface area contributed by atoms with Gasteiger partial charge in [0.15, 0.2) is 0 Å². The lowest BCUT2D eigenvalue weighted by molar-refractivity contribution is -0.119. The first-order valence-corrected chi connectivity index (χ1v) is 11.1. The minimum atomic E-state index is -0.196. The predicted octanol–water partition coefficient (Wildman–Crippen LogP) is 4.49. The summed E-state index contributed by atoms with van der Waals surface area (Å²) in [5, 5.41) is 5.86. The van der Waals surface area contributed by atoms with E-state index in [1.54, 1.807) is 0 Å². The molecule has 0 aliphatic carbocycles. The molecule has 1 aromatic heterocycles. The van der Waals surface area contributed by atoms with Gasteiger partial charge in [-0.2, -0.15) is 0 Å². The van der Waals surface area contributed by atoms with Gasteiger partial charge >= 0.3 is 0 Å². The average molecular weight is 438 g/mol. The number of carbonyl (C=O) groups excluding carboxylic acids is 2. The Labute approximate surface area is 179 Å². The molecular formula is C19H36ClN3O2S2. The Morgan fingerprint density at radius 2 is 1.96 bits per heavy atom. The van der Waals surface area contributed by atoms with Gasteiger partial charge in [-0.1, -0.05) is 39.3 Å². The number of hydrogen-bond acceptors (Lipinski definition) is 5. The average Bonchev–Trinajstić information content (AvgIpc) is 2.99. The van der Waals surface area contributed by atoms with Crippen LogP contribution in [0, 0.1) is 11.8 Å². The predicted molar refractivity (Wildman–Crippen MR) is 121 cm³/mol. The summed E-state index contributed by atoms with van der Waals surface area (Å²) >= 11 is 11.1. The zero-order valence-electron chi connectivity index (χ0n) is 17.0. The second kappa shape index (κ2) is 18.6. The molecule has 1 unspecified atom stereocenters. The first kappa shape index (κ1) is 28.4. The Morgan fingerprint density at radius 1 is 1.33 bits per heavy atom. The normalized spacial score (nSPS) is 15.3. The van der Waals surface area contributed by atoms with E-state index in [-0.39, 0.29) is 11.8 Å². The Bertz CT molecular complexity index is 488. The van der Waals surface area contributed by atoms with Gasteiger partial charge < -0.3 is 16.8 Å². The van der Waals surface area contributed by atoms with Crippen molar-refractivity contribution in [2.75, 3.05) is 13.1 Å². The van der Waals surface area contributed by atoms with Crippen LogP contribution in [0.15, 0.2) is 15.7 Å². The zero-order chi connectivity index (χ0) is 21.2. The molecule has 1 saturated heterocycles. The minimum absolute atomic E-state index is 0.172. The smallest absolute Gasteiger partial charge is 0.217 e. The maximum Gasteiger partial charge on any atom is 0.217 e. The summed E-state index contributed by atoms with van der Waals surface area (Å²) in [5.74, 6) is 0.709. The molecule has 158 valence electrons. The summed E-state index contributed by atoms with van der Waals surface area (Å²) in [6, 6.07) is 1.81. The molecule has 27 heavy (non-hydrogen) atoms. The maximum absolute atomic E-state index is 10.5. The summed E-state index contributed by atoms with van der Waals surface area (Å²) in [5.41, 5.74) is 9.96. The number of thiophene rings is 1. The summed E-state index contributed by atoms with van der Waals surface area (Å²) in [6.07, 6.45) is 4.31. The third-order valence-electron chi connectivity index (χ3n) is 3.41. The molecular weight excluding hydrogens is 402 g/mol. The third kappa shape index (κ3) is 21.4. The summed E-state index contributed by atoms with van der Waals surface area (Å²) < 4.78 is 0.963. The second-order valence-electron chi connectivity index (χ2n) is 6.38. The molecule has 1 aliphatic rings. The Kier molecular flexibility index (Phi) is 19.6. The maximum atomic E-state index is 10.5. The number of carbonyl (C=O) groups is 2. The highest BCUT2D eigenvalue weighted by Gasteiger charge is 2.14. The molecule has 0 aromatic carbocycles. The molecule has 5 nitrogen and oxygen atoms in total. The van der Waals surface area contributed by atoms with Crippen LogP contribution in [0.3, 0.4) is 0 Å². The number of nitrogens with two attached hydrogens (primary N) is 2. The van der Waals surface area contributed by atoms with Crippen molar-refractivity contribution in [1.29, 1.82) is 0 Å². The van der Waals surface area contributed by atoms with Crippen LogP contribution >= 0.6 is 35.6 Å². The quantitative estimate of drug-likeness (QED) is 0.511. The monoisotopic (exact) mass is 437 g/mol. The number of amides is 2. The number of nitrogens with one attached hydrogen (secondary N) is 1. The fraction of sp³-hybridized carbons (Fsp3) is 0.684. The Morgan fingerprint density at radius 3 is 2.22 bits per heavy atom. The van der Waals surface area contributed by atoms with Gasteiger partial charge in [0.2, 0.25) is 11.8 Å². The van der Waals surface area contributed by atoms with Crippen molar-refractivity contribution in [3.63, 3.8) is 0 Å².